The standard InChI is InChI=1S/C21H21F2N3O2/c22-16-4-6-18(7-5-16)26-14-21(11-19(26)27)8-9-25(13-21)20(28)24-12-15-2-1-3-17(23)10-15/h1-7,10H,8-9,11-14H2,(H,24,28)/t21-/m1/s1. The molecule has 0 aromatic heterocycles. The number of nitrogens with one attached hydrogen (secondary N) is 1. The zero-order chi connectivity index (χ0) is 19.7. The molecule has 5 nitrogen and oxygen atoms in total. The quantitative estimate of drug-likeness (QED) is 0.882. The van der Waals surface area contributed by atoms with Gasteiger partial charge in [0.05, 0.1) is 0 Å². The third kappa shape index (κ3) is 3.69. The third-order valence-electron chi connectivity index (χ3n) is 5.52. The Kier molecular flexibility index (Phi) is 4.75. The third-order valence-corrected chi connectivity index (χ3v) is 5.52. The zero-order valence-electron chi connectivity index (χ0n) is 15.3. The van der Waals surface area contributed by atoms with Gasteiger partial charge in [-0.15, -0.1) is 0 Å². The van der Waals surface area contributed by atoms with Crippen LogP contribution in [-0.4, -0.2) is 36.5 Å². The van der Waals surface area contributed by atoms with E-state index in [4.69, 9.17) is 0 Å². The van der Waals surface area contributed by atoms with Crippen LogP contribution in [0.4, 0.5) is 19.3 Å². The molecule has 146 valence electrons. The summed E-state index contributed by atoms with van der Waals surface area (Å²) >= 11 is 0. The van der Waals surface area contributed by atoms with E-state index < -0.39 is 0 Å². The van der Waals surface area contributed by atoms with Crippen molar-refractivity contribution in [3.8, 4) is 0 Å². The first-order valence-corrected chi connectivity index (χ1v) is 9.27. The van der Waals surface area contributed by atoms with E-state index in [2.05, 4.69) is 5.32 Å². The smallest absolute Gasteiger partial charge is 0.317 e. The molecule has 2 aromatic carbocycles. The minimum atomic E-state index is -0.341. The van der Waals surface area contributed by atoms with Crippen molar-refractivity contribution in [2.24, 2.45) is 5.41 Å². The highest BCUT2D eigenvalue weighted by molar-refractivity contribution is 5.96. The molecular formula is C21H21F2N3O2. The van der Waals surface area contributed by atoms with E-state index >= 15 is 0 Å². The van der Waals surface area contributed by atoms with E-state index in [1.807, 2.05) is 0 Å². The molecule has 1 N–H and O–H groups in total. The Balaban J connectivity index is 1.37. The first-order chi connectivity index (χ1) is 13.4. The summed E-state index contributed by atoms with van der Waals surface area (Å²) in [5, 5.41) is 2.81. The van der Waals surface area contributed by atoms with Crippen LogP contribution in [-0.2, 0) is 11.3 Å². The minimum absolute atomic E-state index is 0.00590. The average Bonchev–Trinajstić information content (AvgIpc) is 3.23. The van der Waals surface area contributed by atoms with E-state index in [0.717, 1.165) is 6.42 Å². The number of carbonyl (C=O) groups is 2. The lowest BCUT2D eigenvalue weighted by Crippen LogP contribution is -2.40. The molecule has 7 heteroatoms. The maximum Gasteiger partial charge on any atom is 0.317 e. The van der Waals surface area contributed by atoms with Gasteiger partial charge in [-0.25, -0.2) is 13.6 Å². The summed E-state index contributed by atoms with van der Waals surface area (Å²) in [4.78, 5) is 28.4. The topological polar surface area (TPSA) is 52.7 Å². The van der Waals surface area contributed by atoms with Gasteiger partial charge in [0.15, 0.2) is 0 Å². The van der Waals surface area contributed by atoms with Crippen molar-refractivity contribution in [2.45, 2.75) is 19.4 Å². The van der Waals surface area contributed by atoms with Crippen LogP contribution in [0.5, 0.6) is 0 Å². The molecular weight excluding hydrogens is 364 g/mol. The summed E-state index contributed by atoms with van der Waals surface area (Å²) in [5.74, 6) is -0.682. The Hall–Kier alpha value is -2.96. The van der Waals surface area contributed by atoms with E-state index in [9.17, 15) is 18.4 Å². The molecule has 0 radical (unpaired) electrons. The molecule has 2 saturated heterocycles. The molecule has 0 bridgehead atoms. The lowest BCUT2D eigenvalue weighted by molar-refractivity contribution is -0.117. The van der Waals surface area contributed by atoms with E-state index in [1.54, 1.807) is 34.1 Å². The molecule has 2 aromatic rings. The van der Waals surface area contributed by atoms with Crippen molar-refractivity contribution >= 4 is 17.6 Å². The van der Waals surface area contributed by atoms with Gasteiger partial charge in [-0.1, -0.05) is 12.1 Å². The largest absolute Gasteiger partial charge is 0.334 e. The molecule has 0 unspecified atom stereocenters. The maximum atomic E-state index is 13.2. The number of amides is 3. The monoisotopic (exact) mass is 385 g/mol. The highest BCUT2D eigenvalue weighted by Gasteiger charge is 2.48. The highest BCUT2D eigenvalue weighted by Crippen LogP contribution is 2.41. The zero-order valence-corrected chi connectivity index (χ0v) is 15.3. The maximum absolute atomic E-state index is 13.2. The molecule has 0 aliphatic carbocycles. The van der Waals surface area contributed by atoms with Crippen LogP contribution in [0, 0.1) is 17.0 Å². The summed E-state index contributed by atoms with van der Waals surface area (Å²) in [6.07, 6.45) is 1.11. The van der Waals surface area contributed by atoms with Gasteiger partial charge in [-0.05, 0) is 48.4 Å². The Bertz CT molecular complexity index is 903. The van der Waals surface area contributed by atoms with Crippen LogP contribution in [0.15, 0.2) is 48.5 Å². The van der Waals surface area contributed by atoms with Crippen LogP contribution < -0.4 is 10.2 Å². The summed E-state index contributed by atoms with van der Waals surface area (Å²) in [5.41, 5.74) is 1.10. The van der Waals surface area contributed by atoms with Gasteiger partial charge in [0, 0.05) is 43.7 Å². The number of nitrogens with zero attached hydrogens (tertiary/aromatic N) is 2. The number of rotatable bonds is 3. The summed E-state index contributed by atoms with van der Waals surface area (Å²) in [7, 11) is 0. The van der Waals surface area contributed by atoms with Gasteiger partial charge in [0.2, 0.25) is 5.91 Å². The predicted molar refractivity (Wildman–Crippen MR) is 101 cm³/mol. The first kappa shape index (κ1) is 18.4. The number of hydrogen-bond donors (Lipinski definition) is 1. The van der Waals surface area contributed by atoms with E-state index in [0.29, 0.717) is 37.3 Å². The lowest BCUT2D eigenvalue weighted by Gasteiger charge is -2.24. The van der Waals surface area contributed by atoms with Gasteiger partial charge in [-0.2, -0.15) is 0 Å². The van der Waals surface area contributed by atoms with Gasteiger partial charge in [0.1, 0.15) is 11.6 Å². The molecule has 1 spiro atoms. The van der Waals surface area contributed by atoms with Crippen molar-refractivity contribution < 1.29 is 18.4 Å². The van der Waals surface area contributed by atoms with Gasteiger partial charge in [0.25, 0.3) is 0 Å². The van der Waals surface area contributed by atoms with Crippen molar-refractivity contribution in [3.63, 3.8) is 0 Å². The number of benzene rings is 2. The van der Waals surface area contributed by atoms with Gasteiger partial charge >= 0.3 is 6.03 Å². The second-order valence-corrected chi connectivity index (χ2v) is 7.59. The molecule has 4 rings (SSSR count). The molecule has 2 fully saturated rings. The minimum Gasteiger partial charge on any atom is -0.334 e. The van der Waals surface area contributed by atoms with Crippen molar-refractivity contribution in [2.75, 3.05) is 24.5 Å². The van der Waals surface area contributed by atoms with Crippen LogP contribution in [0.3, 0.4) is 0 Å². The number of hydrogen-bond acceptors (Lipinski definition) is 2. The fraction of sp³-hybridized carbons (Fsp3) is 0.333. The first-order valence-electron chi connectivity index (χ1n) is 9.27. The van der Waals surface area contributed by atoms with Crippen LogP contribution in [0.1, 0.15) is 18.4 Å². The SMILES string of the molecule is O=C(NCc1cccc(F)c1)N1CC[C@@]2(CC(=O)N(c3ccc(F)cc3)C2)C1. The lowest BCUT2D eigenvalue weighted by atomic mass is 9.86. The highest BCUT2D eigenvalue weighted by atomic mass is 19.1. The van der Waals surface area contributed by atoms with Crippen molar-refractivity contribution in [3.05, 3.63) is 65.7 Å². The fourth-order valence-electron chi connectivity index (χ4n) is 4.07. The molecule has 2 heterocycles. The Labute approximate surface area is 161 Å². The molecule has 2 aliphatic heterocycles. The number of carbonyl (C=O) groups excluding carboxylic acids is 2. The summed E-state index contributed by atoms with van der Waals surface area (Å²) in [6.45, 7) is 1.83. The van der Waals surface area contributed by atoms with Crippen LogP contribution >= 0.6 is 0 Å². The average molecular weight is 385 g/mol. The van der Waals surface area contributed by atoms with E-state index in [-0.39, 0.29) is 35.5 Å². The van der Waals surface area contributed by atoms with Crippen LogP contribution in [0.2, 0.25) is 0 Å². The Morgan fingerprint density at radius 3 is 2.61 bits per heavy atom. The molecule has 2 aliphatic rings. The molecule has 3 amide bonds. The Morgan fingerprint density at radius 1 is 1.07 bits per heavy atom. The number of urea groups is 1. The number of halogens is 2. The number of likely N-dealkylation sites (tertiary alicyclic amines) is 1. The van der Waals surface area contributed by atoms with Gasteiger partial charge in [-0.3, -0.25) is 4.79 Å². The second-order valence-electron chi connectivity index (χ2n) is 7.59. The van der Waals surface area contributed by atoms with Crippen molar-refractivity contribution in [1.29, 1.82) is 0 Å². The number of anilines is 1. The molecule has 1 atom stereocenters. The van der Waals surface area contributed by atoms with Crippen molar-refractivity contribution in [1.82, 2.24) is 10.2 Å². The van der Waals surface area contributed by atoms with Gasteiger partial charge < -0.3 is 15.1 Å². The van der Waals surface area contributed by atoms with E-state index in [1.165, 1.54) is 24.3 Å². The summed E-state index contributed by atoms with van der Waals surface area (Å²) < 4.78 is 26.4. The fourth-order valence-corrected chi connectivity index (χ4v) is 4.07. The Morgan fingerprint density at radius 2 is 1.86 bits per heavy atom. The molecule has 28 heavy (non-hydrogen) atoms. The normalized spacial score (nSPS) is 21.6. The van der Waals surface area contributed by atoms with Crippen LogP contribution in [0.25, 0.3) is 0 Å². The second kappa shape index (κ2) is 7.22. The predicted octanol–water partition coefficient (Wildman–Crippen LogP) is 3.30. The molecule has 0 saturated carbocycles. The summed E-state index contributed by atoms with van der Waals surface area (Å²) in [6, 6.07) is 11.8.